The molecule has 3 heterocycles. The fraction of sp³-hybridized carbons (Fsp3) is 0.643. The number of alkyl halides is 1. The Balaban J connectivity index is 2.22. The molecule has 0 bridgehead atoms. The van der Waals surface area contributed by atoms with E-state index in [-0.39, 0.29) is 17.9 Å². The number of rotatable bonds is 4. The van der Waals surface area contributed by atoms with Crippen LogP contribution in [0.3, 0.4) is 0 Å². The number of halogens is 1. The van der Waals surface area contributed by atoms with Crippen LogP contribution >= 0.6 is 11.6 Å². The number of nitrogens with zero attached hydrogens (tertiary/aromatic N) is 4. The molecule has 0 unspecified atom stereocenters. The molecule has 23 heavy (non-hydrogen) atoms. The van der Waals surface area contributed by atoms with Crippen molar-refractivity contribution in [3.05, 3.63) is 20.8 Å². The highest BCUT2D eigenvalue weighted by Crippen LogP contribution is 2.23. The van der Waals surface area contributed by atoms with Gasteiger partial charge in [-0.3, -0.25) is 14.3 Å². The van der Waals surface area contributed by atoms with Gasteiger partial charge in [-0.1, -0.05) is 0 Å². The minimum atomic E-state index is -0.797. The summed E-state index contributed by atoms with van der Waals surface area (Å²) in [4.78, 5) is 33.0. The molecule has 0 saturated carbocycles. The third-order valence-corrected chi connectivity index (χ3v) is 4.55. The summed E-state index contributed by atoms with van der Waals surface area (Å²) in [5.41, 5.74) is -0.395. The van der Waals surface area contributed by atoms with Crippen molar-refractivity contribution >= 4 is 28.7 Å². The molecule has 9 heteroatoms. The number of nitrogens with one attached hydrogen (secondary N) is 1. The van der Waals surface area contributed by atoms with Crippen LogP contribution in [0.4, 0.5) is 5.95 Å². The number of H-pyrrole nitrogens is 1. The number of piperidine rings is 1. The minimum Gasteiger partial charge on any atom is -0.390 e. The molecular formula is C14H20ClN5O3. The van der Waals surface area contributed by atoms with Crippen LogP contribution in [0.1, 0.15) is 19.3 Å². The lowest BCUT2D eigenvalue weighted by Gasteiger charge is -2.28. The van der Waals surface area contributed by atoms with Gasteiger partial charge in [0.25, 0.3) is 5.56 Å². The van der Waals surface area contributed by atoms with Crippen molar-refractivity contribution < 1.29 is 5.11 Å². The van der Waals surface area contributed by atoms with Gasteiger partial charge >= 0.3 is 5.69 Å². The Morgan fingerprint density at radius 2 is 2.00 bits per heavy atom. The number of aromatic nitrogens is 4. The second kappa shape index (κ2) is 6.37. The maximum atomic E-state index is 12.3. The Bertz CT molecular complexity index is 818. The number of fused-ring (bicyclic) bond motifs is 1. The van der Waals surface area contributed by atoms with E-state index in [1.807, 2.05) is 0 Å². The summed E-state index contributed by atoms with van der Waals surface area (Å²) in [6, 6.07) is 0. The van der Waals surface area contributed by atoms with Gasteiger partial charge < -0.3 is 14.6 Å². The number of aromatic amines is 1. The summed E-state index contributed by atoms with van der Waals surface area (Å²) in [5.74, 6) is 0.665. The Kier molecular flexibility index (Phi) is 4.45. The van der Waals surface area contributed by atoms with Crippen LogP contribution in [0.5, 0.6) is 0 Å². The quantitative estimate of drug-likeness (QED) is 0.764. The van der Waals surface area contributed by atoms with E-state index in [4.69, 9.17) is 11.6 Å². The molecule has 0 amide bonds. The number of hydrogen-bond acceptors (Lipinski definition) is 5. The maximum Gasteiger partial charge on any atom is 0.329 e. The van der Waals surface area contributed by atoms with E-state index >= 15 is 0 Å². The molecule has 1 saturated heterocycles. The molecule has 1 aliphatic rings. The molecule has 0 radical (unpaired) electrons. The van der Waals surface area contributed by atoms with Gasteiger partial charge in [-0.25, -0.2) is 4.79 Å². The predicted molar refractivity (Wildman–Crippen MR) is 88.4 cm³/mol. The van der Waals surface area contributed by atoms with Crippen LogP contribution in [-0.4, -0.2) is 49.3 Å². The summed E-state index contributed by atoms with van der Waals surface area (Å²) >= 11 is 5.72. The molecule has 0 aliphatic carbocycles. The number of aliphatic hydroxyl groups is 1. The smallest absolute Gasteiger partial charge is 0.329 e. The van der Waals surface area contributed by atoms with Crippen molar-refractivity contribution in [2.24, 2.45) is 7.05 Å². The maximum absolute atomic E-state index is 12.3. The lowest BCUT2D eigenvalue weighted by molar-refractivity contribution is 0.178. The van der Waals surface area contributed by atoms with Gasteiger partial charge in [0.15, 0.2) is 11.2 Å². The molecule has 126 valence electrons. The van der Waals surface area contributed by atoms with Crippen LogP contribution < -0.4 is 16.1 Å². The zero-order chi connectivity index (χ0) is 16.6. The van der Waals surface area contributed by atoms with E-state index in [1.165, 1.54) is 11.0 Å². The Morgan fingerprint density at radius 3 is 2.65 bits per heavy atom. The van der Waals surface area contributed by atoms with Crippen molar-refractivity contribution in [3.8, 4) is 0 Å². The average molecular weight is 342 g/mol. The first-order valence-corrected chi connectivity index (χ1v) is 8.25. The standard InChI is InChI=1S/C14H20ClN5O3/c1-18-11-10(12(22)17-14(18)23)20(8-9(21)7-15)13(16-11)19-5-3-2-4-6-19/h9,21H,2-8H2,1H3,(H,17,22,23)/t9-/m1/s1. The number of aliphatic hydroxyl groups excluding tert-OH is 1. The van der Waals surface area contributed by atoms with E-state index in [0.717, 1.165) is 25.9 Å². The van der Waals surface area contributed by atoms with Crippen molar-refractivity contribution in [2.75, 3.05) is 23.9 Å². The molecule has 0 spiro atoms. The fourth-order valence-electron chi connectivity index (χ4n) is 2.99. The third kappa shape index (κ3) is 2.88. The Labute approximate surface area is 137 Å². The van der Waals surface area contributed by atoms with Gasteiger partial charge in [0.2, 0.25) is 5.95 Å². The van der Waals surface area contributed by atoms with Crippen LogP contribution in [0.25, 0.3) is 11.2 Å². The van der Waals surface area contributed by atoms with Crippen molar-refractivity contribution in [1.29, 1.82) is 0 Å². The van der Waals surface area contributed by atoms with E-state index in [9.17, 15) is 14.7 Å². The number of imidazole rings is 1. The molecule has 3 rings (SSSR count). The molecule has 0 aromatic carbocycles. The van der Waals surface area contributed by atoms with Crippen molar-refractivity contribution in [3.63, 3.8) is 0 Å². The first-order valence-electron chi connectivity index (χ1n) is 7.71. The van der Waals surface area contributed by atoms with Gasteiger partial charge in [-0.2, -0.15) is 4.98 Å². The number of aryl methyl sites for hydroxylation is 1. The highest BCUT2D eigenvalue weighted by atomic mass is 35.5. The molecule has 1 fully saturated rings. The van der Waals surface area contributed by atoms with E-state index in [2.05, 4.69) is 14.9 Å². The van der Waals surface area contributed by atoms with Crippen LogP contribution in [0.2, 0.25) is 0 Å². The molecule has 1 aliphatic heterocycles. The molecule has 2 aromatic rings. The highest BCUT2D eigenvalue weighted by Gasteiger charge is 2.23. The van der Waals surface area contributed by atoms with E-state index < -0.39 is 17.4 Å². The molecular weight excluding hydrogens is 322 g/mol. The first kappa shape index (κ1) is 16.1. The summed E-state index contributed by atoms with van der Waals surface area (Å²) in [5, 5.41) is 9.95. The number of hydrogen-bond donors (Lipinski definition) is 2. The van der Waals surface area contributed by atoms with Gasteiger partial charge in [-0.05, 0) is 19.3 Å². The third-order valence-electron chi connectivity index (χ3n) is 4.20. The second-order valence-corrected chi connectivity index (χ2v) is 6.18. The monoisotopic (exact) mass is 341 g/mol. The molecule has 2 aromatic heterocycles. The Morgan fingerprint density at radius 1 is 1.30 bits per heavy atom. The molecule has 8 nitrogen and oxygen atoms in total. The first-order chi connectivity index (χ1) is 11.0. The van der Waals surface area contributed by atoms with Crippen LogP contribution in [0, 0.1) is 0 Å². The van der Waals surface area contributed by atoms with E-state index in [0.29, 0.717) is 11.6 Å². The lowest BCUT2D eigenvalue weighted by Crippen LogP contribution is -2.33. The highest BCUT2D eigenvalue weighted by molar-refractivity contribution is 6.18. The minimum absolute atomic E-state index is 0.0583. The SMILES string of the molecule is Cn1c(=O)[nH]c(=O)c2c1nc(N1CCCCC1)n2C[C@H](O)CCl. The predicted octanol–water partition coefficient (Wildman–Crippen LogP) is 0.0133. The summed E-state index contributed by atoms with van der Waals surface area (Å²) in [7, 11) is 1.57. The van der Waals surface area contributed by atoms with Crippen LogP contribution in [-0.2, 0) is 13.6 Å². The number of anilines is 1. The van der Waals surface area contributed by atoms with Crippen molar-refractivity contribution in [1.82, 2.24) is 19.1 Å². The zero-order valence-electron chi connectivity index (χ0n) is 13.0. The topological polar surface area (TPSA) is 96.1 Å². The van der Waals surface area contributed by atoms with Gasteiger partial charge in [-0.15, -0.1) is 11.6 Å². The van der Waals surface area contributed by atoms with E-state index in [1.54, 1.807) is 11.6 Å². The fourth-order valence-corrected chi connectivity index (χ4v) is 3.09. The Hall–Kier alpha value is -1.80. The van der Waals surface area contributed by atoms with Crippen LogP contribution in [0.15, 0.2) is 9.59 Å². The normalized spacial score (nSPS) is 16.9. The summed E-state index contributed by atoms with van der Waals surface area (Å²) in [6.45, 7) is 1.84. The average Bonchev–Trinajstić information content (AvgIpc) is 2.93. The van der Waals surface area contributed by atoms with Gasteiger partial charge in [0.05, 0.1) is 18.5 Å². The second-order valence-electron chi connectivity index (χ2n) is 5.87. The van der Waals surface area contributed by atoms with Gasteiger partial charge in [0, 0.05) is 20.1 Å². The summed E-state index contributed by atoms with van der Waals surface area (Å²) < 4.78 is 2.99. The molecule has 2 N–H and O–H groups in total. The van der Waals surface area contributed by atoms with Crippen molar-refractivity contribution in [2.45, 2.75) is 31.9 Å². The largest absolute Gasteiger partial charge is 0.390 e. The lowest BCUT2D eigenvalue weighted by atomic mass is 10.1. The molecule has 1 atom stereocenters. The summed E-state index contributed by atoms with van der Waals surface area (Å²) in [6.07, 6.45) is 2.47. The zero-order valence-corrected chi connectivity index (χ0v) is 13.7. The van der Waals surface area contributed by atoms with Gasteiger partial charge in [0.1, 0.15) is 0 Å².